The van der Waals surface area contributed by atoms with Gasteiger partial charge < -0.3 is 15.4 Å². The van der Waals surface area contributed by atoms with Gasteiger partial charge in [0.25, 0.3) is 0 Å². The Morgan fingerprint density at radius 2 is 2.43 bits per heavy atom. The van der Waals surface area contributed by atoms with Crippen LogP contribution in [0, 0.1) is 0 Å². The lowest BCUT2D eigenvalue weighted by Gasteiger charge is -2.22. The van der Waals surface area contributed by atoms with Crippen molar-refractivity contribution in [2.45, 2.75) is 38.6 Å². The van der Waals surface area contributed by atoms with Crippen molar-refractivity contribution in [3.05, 3.63) is 0 Å². The van der Waals surface area contributed by atoms with E-state index in [1.54, 1.807) is 4.90 Å². The second kappa shape index (κ2) is 5.86. The van der Waals surface area contributed by atoms with Gasteiger partial charge in [-0.25, -0.2) is 4.79 Å². The molecule has 1 heterocycles. The summed E-state index contributed by atoms with van der Waals surface area (Å²) < 4.78 is 5.13. The van der Waals surface area contributed by atoms with Gasteiger partial charge in [0.15, 0.2) is 0 Å². The van der Waals surface area contributed by atoms with Crippen LogP contribution in [0.3, 0.4) is 0 Å². The molecule has 0 aliphatic carbocycles. The summed E-state index contributed by atoms with van der Waals surface area (Å²) in [6.45, 7) is 3.95. The maximum Gasteiger partial charge on any atom is 0.410 e. The molecule has 0 saturated carbocycles. The molecule has 4 nitrogen and oxygen atoms in total. The third-order valence-electron chi connectivity index (χ3n) is 2.61. The molecule has 1 saturated heterocycles. The van der Waals surface area contributed by atoms with E-state index in [0.29, 0.717) is 13.2 Å². The molecule has 1 fully saturated rings. The highest BCUT2D eigenvalue weighted by atomic mass is 16.6. The number of likely N-dealkylation sites (tertiary alicyclic amines) is 1. The highest BCUT2D eigenvalue weighted by molar-refractivity contribution is 5.68. The lowest BCUT2D eigenvalue weighted by Crippen LogP contribution is -2.40. The molecule has 0 radical (unpaired) electrons. The summed E-state index contributed by atoms with van der Waals surface area (Å²) in [6.07, 6.45) is 3.86. The van der Waals surface area contributed by atoms with Crippen LogP contribution in [0.5, 0.6) is 0 Å². The zero-order valence-electron chi connectivity index (χ0n) is 8.87. The van der Waals surface area contributed by atoms with Crippen molar-refractivity contribution in [3.63, 3.8) is 0 Å². The van der Waals surface area contributed by atoms with Gasteiger partial charge in [0.1, 0.15) is 0 Å². The minimum Gasteiger partial charge on any atom is -0.449 e. The molecule has 1 aliphatic heterocycles. The Morgan fingerprint density at radius 3 is 3.07 bits per heavy atom. The van der Waals surface area contributed by atoms with Crippen molar-refractivity contribution in [2.24, 2.45) is 5.73 Å². The number of nitrogens with two attached hydrogens (primary N) is 1. The van der Waals surface area contributed by atoms with E-state index in [0.717, 1.165) is 32.2 Å². The zero-order chi connectivity index (χ0) is 10.4. The Morgan fingerprint density at radius 1 is 1.64 bits per heavy atom. The molecular formula is C10H20N2O2. The van der Waals surface area contributed by atoms with Gasteiger partial charge >= 0.3 is 6.09 Å². The van der Waals surface area contributed by atoms with Gasteiger partial charge in [0.05, 0.1) is 6.61 Å². The van der Waals surface area contributed by atoms with Gasteiger partial charge in [-0.15, -0.1) is 0 Å². The van der Waals surface area contributed by atoms with Crippen LogP contribution < -0.4 is 5.73 Å². The van der Waals surface area contributed by atoms with E-state index in [1.165, 1.54) is 0 Å². The van der Waals surface area contributed by atoms with Gasteiger partial charge in [-0.1, -0.05) is 13.3 Å². The highest BCUT2D eigenvalue weighted by Crippen LogP contribution is 2.17. The van der Waals surface area contributed by atoms with E-state index in [2.05, 4.69) is 6.92 Å². The molecule has 0 aromatic heterocycles. The Labute approximate surface area is 85.4 Å². The fraction of sp³-hybridized carbons (Fsp3) is 0.900. The number of amides is 1. The van der Waals surface area contributed by atoms with Crippen molar-refractivity contribution in [2.75, 3.05) is 19.7 Å². The number of hydrogen-bond donors (Lipinski definition) is 1. The zero-order valence-corrected chi connectivity index (χ0v) is 8.87. The SMILES string of the molecule is CCCCOC(=O)N1CCC[C@H]1CN. The largest absolute Gasteiger partial charge is 0.449 e. The molecule has 14 heavy (non-hydrogen) atoms. The third kappa shape index (κ3) is 2.87. The molecule has 2 N–H and O–H groups in total. The number of unbranched alkanes of at least 4 members (excludes halogenated alkanes) is 1. The normalized spacial score (nSPS) is 21.3. The van der Waals surface area contributed by atoms with E-state index >= 15 is 0 Å². The van der Waals surface area contributed by atoms with E-state index < -0.39 is 0 Å². The highest BCUT2D eigenvalue weighted by Gasteiger charge is 2.28. The van der Waals surface area contributed by atoms with Crippen LogP contribution in [0.2, 0.25) is 0 Å². The molecule has 82 valence electrons. The quantitative estimate of drug-likeness (QED) is 0.697. The van der Waals surface area contributed by atoms with Crippen LogP contribution in [0.25, 0.3) is 0 Å². The summed E-state index contributed by atoms with van der Waals surface area (Å²) in [7, 11) is 0. The minimum absolute atomic E-state index is 0.189. The van der Waals surface area contributed by atoms with Crippen LogP contribution in [-0.2, 0) is 4.74 Å². The lowest BCUT2D eigenvalue weighted by atomic mass is 10.2. The molecule has 0 bridgehead atoms. The monoisotopic (exact) mass is 200 g/mol. The second-order valence-electron chi connectivity index (χ2n) is 3.69. The third-order valence-corrected chi connectivity index (χ3v) is 2.61. The fourth-order valence-electron chi connectivity index (χ4n) is 1.71. The van der Waals surface area contributed by atoms with Crippen LogP contribution in [0.15, 0.2) is 0 Å². The predicted molar refractivity (Wildman–Crippen MR) is 55.0 cm³/mol. The molecule has 0 aromatic carbocycles. The standard InChI is InChI=1S/C10H20N2O2/c1-2-3-7-14-10(13)12-6-4-5-9(12)8-11/h9H,2-8,11H2,1H3/t9-/m0/s1. The Balaban J connectivity index is 2.28. The molecule has 1 aliphatic rings. The molecular weight excluding hydrogens is 180 g/mol. The van der Waals surface area contributed by atoms with E-state index in [9.17, 15) is 4.79 Å². The first-order chi connectivity index (χ1) is 6.79. The van der Waals surface area contributed by atoms with Crippen molar-refractivity contribution < 1.29 is 9.53 Å². The van der Waals surface area contributed by atoms with Crippen molar-refractivity contribution >= 4 is 6.09 Å². The maximum absolute atomic E-state index is 11.5. The number of ether oxygens (including phenoxy) is 1. The number of carbonyl (C=O) groups is 1. The fourth-order valence-corrected chi connectivity index (χ4v) is 1.71. The predicted octanol–water partition coefficient (Wildman–Crippen LogP) is 1.35. The van der Waals surface area contributed by atoms with E-state index in [4.69, 9.17) is 10.5 Å². The van der Waals surface area contributed by atoms with Crippen LogP contribution in [0.4, 0.5) is 4.79 Å². The molecule has 0 unspecified atom stereocenters. The summed E-state index contributed by atoms with van der Waals surface area (Å²) in [6, 6.07) is 0.198. The first kappa shape index (κ1) is 11.3. The van der Waals surface area contributed by atoms with Crippen LogP contribution >= 0.6 is 0 Å². The van der Waals surface area contributed by atoms with Crippen molar-refractivity contribution in [1.29, 1.82) is 0 Å². The van der Waals surface area contributed by atoms with Gasteiger partial charge in [-0.3, -0.25) is 0 Å². The lowest BCUT2D eigenvalue weighted by molar-refractivity contribution is 0.0979. The van der Waals surface area contributed by atoms with Gasteiger partial charge in [0.2, 0.25) is 0 Å². The topological polar surface area (TPSA) is 55.6 Å². The number of rotatable bonds is 4. The van der Waals surface area contributed by atoms with Crippen LogP contribution in [-0.4, -0.2) is 36.7 Å². The smallest absolute Gasteiger partial charge is 0.410 e. The maximum atomic E-state index is 11.5. The summed E-state index contributed by atoms with van der Waals surface area (Å²) >= 11 is 0. The molecule has 1 amide bonds. The van der Waals surface area contributed by atoms with Crippen molar-refractivity contribution in [3.8, 4) is 0 Å². The summed E-state index contributed by atoms with van der Waals surface area (Å²) in [5.41, 5.74) is 5.57. The van der Waals surface area contributed by atoms with Gasteiger partial charge in [-0.2, -0.15) is 0 Å². The molecule has 4 heteroatoms. The van der Waals surface area contributed by atoms with Gasteiger partial charge in [-0.05, 0) is 19.3 Å². The Kier molecular flexibility index (Phi) is 4.73. The average molecular weight is 200 g/mol. The first-order valence-corrected chi connectivity index (χ1v) is 5.43. The number of hydrogen-bond acceptors (Lipinski definition) is 3. The molecule has 0 aromatic rings. The number of nitrogens with zero attached hydrogens (tertiary/aromatic N) is 1. The van der Waals surface area contributed by atoms with Crippen molar-refractivity contribution in [1.82, 2.24) is 4.90 Å². The first-order valence-electron chi connectivity index (χ1n) is 5.43. The van der Waals surface area contributed by atoms with E-state index in [-0.39, 0.29) is 12.1 Å². The molecule has 1 rings (SSSR count). The van der Waals surface area contributed by atoms with Crippen LogP contribution in [0.1, 0.15) is 32.6 Å². The molecule has 1 atom stereocenters. The second-order valence-corrected chi connectivity index (χ2v) is 3.69. The number of carbonyl (C=O) groups excluding carboxylic acids is 1. The average Bonchev–Trinajstić information content (AvgIpc) is 2.65. The minimum atomic E-state index is -0.189. The summed E-state index contributed by atoms with van der Waals surface area (Å²) in [4.78, 5) is 13.3. The van der Waals surface area contributed by atoms with E-state index in [1.807, 2.05) is 0 Å². The Bertz CT molecular complexity index is 185. The van der Waals surface area contributed by atoms with Gasteiger partial charge in [0, 0.05) is 19.1 Å². The summed E-state index contributed by atoms with van der Waals surface area (Å²) in [5.74, 6) is 0. The molecule has 0 spiro atoms. The summed E-state index contributed by atoms with van der Waals surface area (Å²) in [5, 5.41) is 0. The Hall–Kier alpha value is -0.770.